The van der Waals surface area contributed by atoms with Gasteiger partial charge in [-0.3, -0.25) is 4.79 Å². The zero-order valence-corrected chi connectivity index (χ0v) is 12.3. The van der Waals surface area contributed by atoms with E-state index in [1.807, 2.05) is 29.2 Å². The van der Waals surface area contributed by atoms with Crippen LogP contribution in [0.2, 0.25) is 0 Å². The number of methoxy groups -OCH3 is 1. The lowest BCUT2D eigenvalue weighted by Crippen LogP contribution is -2.33. The van der Waals surface area contributed by atoms with Gasteiger partial charge in [-0.1, -0.05) is 24.3 Å². The van der Waals surface area contributed by atoms with Crippen molar-refractivity contribution in [3.63, 3.8) is 0 Å². The Labute approximate surface area is 125 Å². The minimum Gasteiger partial charge on any atom is -0.493 e. The Kier molecular flexibility index (Phi) is 4.13. The molecule has 3 rings (SSSR count). The average molecular weight is 287 g/mol. The van der Waals surface area contributed by atoms with Crippen molar-refractivity contribution in [2.75, 3.05) is 26.8 Å². The number of fused-ring (bicyclic) bond motifs is 1. The fraction of sp³-hybridized carbons (Fsp3) is 0.471. The molecule has 0 aromatic heterocycles. The molecule has 4 nitrogen and oxygen atoms in total. The second-order valence-corrected chi connectivity index (χ2v) is 5.70. The number of benzene rings is 1. The standard InChI is InChI=1S/C17H21NO3/c1-20-15-8-4-5-9-16(15)21-12-17(19)18-10-13-6-2-3-7-14(13)11-18/h2-5,8-9,13-14H,6-7,10-12H2,1H3. The minimum atomic E-state index is 0.0651. The van der Waals surface area contributed by atoms with Gasteiger partial charge < -0.3 is 14.4 Å². The summed E-state index contributed by atoms with van der Waals surface area (Å²) in [5.74, 6) is 2.60. The number of carbonyl (C=O) groups excluding carboxylic acids is 1. The Morgan fingerprint density at radius 2 is 1.76 bits per heavy atom. The summed E-state index contributed by atoms with van der Waals surface area (Å²) in [6.45, 7) is 1.81. The molecule has 0 N–H and O–H groups in total. The second-order valence-electron chi connectivity index (χ2n) is 5.70. The van der Waals surface area contributed by atoms with Crippen LogP contribution in [0.1, 0.15) is 12.8 Å². The van der Waals surface area contributed by atoms with Crippen LogP contribution in [0, 0.1) is 11.8 Å². The number of allylic oxidation sites excluding steroid dienone is 2. The van der Waals surface area contributed by atoms with Crippen molar-refractivity contribution in [2.24, 2.45) is 11.8 Å². The molecular weight excluding hydrogens is 266 g/mol. The molecule has 0 saturated carbocycles. The topological polar surface area (TPSA) is 38.8 Å². The van der Waals surface area contributed by atoms with Gasteiger partial charge in [0.2, 0.25) is 0 Å². The SMILES string of the molecule is COc1ccccc1OCC(=O)N1CC2CC=CCC2C1. The molecule has 1 aromatic rings. The first kappa shape index (κ1) is 14.0. The van der Waals surface area contributed by atoms with Gasteiger partial charge in [0.15, 0.2) is 18.1 Å². The lowest BCUT2D eigenvalue weighted by Gasteiger charge is -2.17. The molecule has 1 aromatic carbocycles. The van der Waals surface area contributed by atoms with Crippen LogP contribution in [0.25, 0.3) is 0 Å². The molecule has 2 aliphatic rings. The number of ether oxygens (including phenoxy) is 2. The van der Waals surface area contributed by atoms with Crippen molar-refractivity contribution in [3.05, 3.63) is 36.4 Å². The predicted molar refractivity (Wildman–Crippen MR) is 80.4 cm³/mol. The van der Waals surface area contributed by atoms with E-state index in [0.29, 0.717) is 23.3 Å². The van der Waals surface area contributed by atoms with Crippen molar-refractivity contribution in [1.82, 2.24) is 4.90 Å². The van der Waals surface area contributed by atoms with E-state index in [1.54, 1.807) is 7.11 Å². The molecule has 1 aliphatic heterocycles. The van der Waals surface area contributed by atoms with E-state index in [-0.39, 0.29) is 12.5 Å². The minimum absolute atomic E-state index is 0.0651. The molecule has 112 valence electrons. The summed E-state index contributed by atoms with van der Waals surface area (Å²) in [7, 11) is 1.60. The van der Waals surface area contributed by atoms with Gasteiger partial charge in [-0.2, -0.15) is 0 Å². The molecule has 1 fully saturated rings. The van der Waals surface area contributed by atoms with Crippen LogP contribution in [-0.4, -0.2) is 37.6 Å². The smallest absolute Gasteiger partial charge is 0.260 e. The Balaban J connectivity index is 1.55. The number of hydrogen-bond donors (Lipinski definition) is 0. The molecule has 0 radical (unpaired) electrons. The van der Waals surface area contributed by atoms with E-state index in [1.165, 1.54) is 0 Å². The summed E-state index contributed by atoms with van der Waals surface area (Å²) in [6.07, 6.45) is 6.67. The van der Waals surface area contributed by atoms with Crippen molar-refractivity contribution in [1.29, 1.82) is 0 Å². The molecule has 1 amide bonds. The molecule has 0 spiro atoms. The van der Waals surface area contributed by atoms with Crippen LogP contribution in [0.4, 0.5) is 0 Å². The highest BCUT2D eigenvalue weighted by Gasteiger charge is 2.35. The summed E-state index contributed by atoms with van der Waals surface area (Å²) in [5.41, 5.74) is 0. The monoisotopic (exact) mass is 287 g/mol. The third kappa shape index (κ3) is 3.04. The molecule has 2 unspecified atom stereocenters. The Bertz CT molecular complexity index is 525. The van der Waals surface area contributed by atoms with Gasteiger partial charge in [0.25, 0.3) is 5.91 Å². The lowest BCUT2D eigenvalue weighted by molar-refractivity contribution is -0.132. The number of likely N-dealkylation sites (tertiary alicyclic amines) is 1. The van der Waals surface area contributed by atoms with Crippen molar-refractivity contribution >= 4 is 5.91 Å². The third-order valence-electron chi connectivity index (χ3n) is 4.39. The van der Waals surface area contributed by atoms with Crippen LogP contribution in [0.5, 0.6) is 11.5 Å². The van der Waals surface area contributed by atoms with Gasteiger partial charge in [-0.15, -0.1) is 0 Å². The third-order valence-corrected chi connectivity index (χ3v) is 4.39. The first-order chi connectivity index (χ1) is 10.3. The molecule has 2 atom stereocenters. The molecule has 1 heterocycles. The van der Waals surface area contributed by atoms with Crippen LogP contribution in [0.3, 0.4) is 0 Å². The van der Waals surface area contributed by atoms with Crippen molar-refractivity contribution in [2.45, 2.75) is 12.8 Å². The van der Waals surface area contributed by atoms with E-state index >= 15 is 0 Å². The number of nitrogens with zero attached hydrogens (tertiary/aromatic N) is 1. The second kappa shape index (κ2) is 6.20. The van der Waals surface area contributed by atoms with E-state index in [0.717, 1.165) is 25.9 Å². The number of carbonyl (C=O) groups is 1. The number of hydrogen-bond acceptors (Lipinski definition) is 3. The first-order valence-corrected chi connectivity index (χ1v) is 7.46. The molecule has 21 heavy (non-hydrogen) atoms. The maximum absolute atomic E-state index is 12.3. The van der Waals surface area contributed by atoms with Gasteiger partial charge in [0, 0.05) is 13.1 Å². The zero-order chi connectivity index (χ0) is 14.7. The summed E-state index contributed by atoms with van der Waals surface area (Å²) in [5, 5.41) is 0. The highest BCUT2D eigenvalue weighted by atomic mass is 16.5. The molecule has 4 heteroatoms. The molecule has 1 saturated heterocycles. The van der Waals surface area contributed by atoms with Crippen LogP contribution >= 0.6 is 0 Å². The lowest BCUT2D eigenvalue weighted by atomic mass is 9.86. The number of rotatable bonds is 4. The van der Waals surface area contributed by atoms with Crippen molar-refractivity contribution in [3.8, 4) is 11.5 Å². The van der Waals surface area contributed by atoms with Gasteiger partial charge in [-0.05, 0) is 36.8 Å². The van der Waals surface area contributed by atoms with Gasteiger partial charge in [-0.25, -0.2) is 0 Å². The Morgan fingerprint density at radius 3 is 2.38 bits per heavy atom. The average Bonchev–Trinajstić information content (AvgIpc) is 2.97. The quantitative estimate of drug-likeness (QED) is 0.799. The van der Waals surface area contributed by atoms with E-state index < -0.39 is 0 Å². The fourth-order valence-electron chi connectivity index (χ4n) is 3.19. The zero-order valence-electron chi connectivity index (χ0n) is 12.3. The maximum Gasteiger partial charge on any atom is 0.260 e. The molecule has 1 aliphatic carbocycles. The predicted octanol–water partition coefficient (Wildman–Crippen LogP) is 2.50. The van der Waals surface area contributed by atoms with E-state index in [2.05, 4.69) is 12.2 Å². The number of amides is 1. The summed E-state index contributed by atoms with van der Waals surface area (Å²) in [4.78, 5) is 14.2. The number of para-hydroxylation sites is 2. The van der Waals surface area contributed by atoms with E-state index in [9.17, 15) is 4.79 Å². The Morgan fingerprint density at radius 1 is 1.14 bits per heavy atom. The van der Waals surface area contributed by atoms with Gasteiger partial charge in [0.05, 0.1) is 7.11 Å². The van der Waals surface area contributed by atoms with Crippen LogP contribution < -0.4 is 9.47 Å². The van der Waals surface area contributed by atoms with Crippen molar-refractivity contribution < 1.29 is 14.3 Å². The normalized spacial score (nSPS) is 23.8. The maximum atomic E-state index is 12.3. The summed E-state index contributed by atoms with van der Waals surface area (Å²) in [6, 6.07) is 7.40. The van der Waals surface area contributed by atoms with Gasteiger partial charge in [0.1, 0.15) is 0 Å². The fourth-order valence-corrected chi connectivity index (χ4v) is 3.19. The highest BCUT2D eigenvalue weighted by Crippen LogP contribution is 2.33. The molecular formula is C17H21NO3. The summed E-state index contributed by atoms with van der Waals surface area (Å²) >= 11 is 0. The highest BCUT2D eigenvalue weighted by molar-refractivity contribution is 5.78. The Hall–Kier alpha value is -1.97. The summed E-state index contributed by atoms with van der Waals surface area (Å²) < 4.78 is 10.8. The van der Waals surface area contributed by atoms with E-state index in [4.69, 9.17) is 9.47 Å². The van der Waals surface area contributed by atoms with Crippen LogP contribution in [-0.2, 0) is 4.79 Å². The largest absolute Gasteiger partial charge is 0.493 e. The van der Waals surface area contributed by atoms with Crippen LogP contribution in [0.15, 0.2) is 36.4 Å². The van der Waals surface area contributed by atoms with Gasteiger partial charge >= 0.3 is 0 Å². The first-order valence-electron chi connectivity index (χ1n) is 7.46. The molecule has 0 bridgehead atoms.